The van der Waals surface area contributed by atoms with Crippen LogP contribution >= 0.6 is 0 Å². The molecule has 0 bridgehead atoms. The molecule has 1 heterocycles. The van der Waals surface area contributed by atoms with Crippen molar-refractivity contribution in [1.82, 2.24) is 5.32 Å². The van der Waals surface area contributed by atoms with E-state index < -0.39 is 0 Å². The summed E-state index contributed by atoms with van der Waals surface area (Å²) in [5.74, 6) is -0.182. The van der Waals surface area contributed by atoms with Crippen LogP contribution in [0.2, 0.25) is 0 Å². The lowest BCUT2D eigenvalue weighted by Gasteiger charge is -2.08. The Balaban J connectivity index is 0.000000249. The molecule has 0 amide bonds. The molecule has 3 heteroatoms. The van der Waals surface area contributed by atoms with Gasteiger partial charge < -0.3 is 10.1 Å². The van der Waals surface area contributed by atoms with Gasteiger partial charge in [0.15, 0.2) is 0 Å². The molecule has 1 N–H and O–H groups in total. The molecule has 84 valence electrons. The summed E-state index contributed by atoms with van der Waals surface area (Å²) in [4.78, 5) is 10.1. The van der Waals surface area contributed by atoms with Crippen molar-refractivity contribution >= 4 is 5.97 Å². The summed E-state index contributed by atoms with van der Waals surface area (Å²) in [6, 6.07) is 0. The Kier molecular flexibility index (Phi) is 10.1. The van der Waals surface area contributed by atoms with Gasteiger partial charge in [0, 0.05) is 6.92 Å². The summed E-state index contributed by atoms with van der Waals surface area (Å²) in [6.45, 7) is 6.56. The molecule has 1 saturated heterocycles. The van der Waals surface area contributed by atoms with Gasteiger partial charge in [0.25, 0.3) is 0 Å². The van der Waals surface area contributed by atoms with Gasteiger partial charge in [-0.3, -0.25) is 4.79 Å². The van der Waals surface area contributed by atoms with Crippen LogP contribution in [-0.4, -0.2) is 25.7 Å². The van der Waals surface area contributed by atoms with E-state index in [-0.39, 0.29) is 5.97 Å². The first-order valence-electron chi connectivity index (χ1n) is 5.61. The Morgan fingerprint density at radius 3 is 2.21 bits per heavy atom. The molecule has 14 heavy (non-hydrogen) atoms. The van der Waals surface area contributed by atoms with Crippen molar-refractivity contribution in [3.63, 3.8) is 0 Å². The maximum Gasteiger partial charge on any atom is 0.302 e. The number of hydrogen-bond donors (Lipinski definition) is 1. The van der Waals surface area contributed by atoms with E-state index in [9.17, 15) is 4.79 Å². The van der Waals surface area contributed by atoms with Gasteiger partial charge in [0.05, 0.1) is 6.61 Å². The monoisotopic (exact) mass is 201 g/mol. The first-order valence-corrected chi connectivity index (χ1v) is 5.61. The minimum absolute atomic E-state index is 0.182. The zero-order chi connectivity index (χ0) is 10.6. The quantitative estimate of drug-likeness (QED) is 0.561. The third kappa shape index (κ3) is 11.4. The van der Waals surface area contributed by atoms with Crippen molar-refractivity contribution < 1.29 is 9.53 Å². The van der Waals surface area contributed by atoms with Gasteiger partial charge in [-0.25, -0.2) is 0 Å². The number of hydrogen-bond acceptors (Lipinski definition) is 3. The average Bonchev–Trinajstić information content (AvgIpc) is 2.21. The Bertz CT molecular complexity index is 122. The van der Waals surface area contributed by atoms with Gasteiger partial charge in [-0.1, -0.05) is 19.8 Å². The minimum atomic E-state index is -0.182. The van der Waals surface area contributed by atoms with E-state index >= 15 is 0 Å². The maximum atomic E-state index is 10.1. The molecule has 0 aliphatic carbocycles. The van der Waals surface area contributed by atoms with Crippen molar-refractivity contribution in [1.29, 1.82) is 0 Å². The molecule has 1 rings (SSSR count). The number of esters is 1. The standard InChI is InChI=1S/C6H12O2.C5H11N/c1-3-4-5-8-6(2)7;1-2-4-6-5-3-1/h3-5H2,1-2H3;6H,1-5H2. The largest absolute Gasteiger partial charge is 0.466 e. The highest BCUT2D eigenvalue weighted by Crippen LogP contribution is 1.96. The fraction of sp³-hybridized carbons (Fsp3) is 0.909. The molecule has 0 spiro atoms. The van der Waals surface area contributed by atoms with Crippen molar-refractivity contribution in [2.24, 2.45) is 0 Å². The summed E-state index contributed by atoms with van der Waals surface area (Å²) >= 11 is 0. The Morgan fingerprint density at radius 1 is 1.29 bits per heavy atom. The molecule has 0 radical (unpaired) electrons. The van der Waals surface area contributed by atoms with E-state index in [1.54, 1.807) is 0 Å². The summed E-state index contributed by atoms with van der Waals surface area (Å²) in [7, 11) is 0. The van der Waals surface area contributed by atoms with Crippen LogP contribution in [0.5, 0.6) is 0 Å². The van der Waals surface area contributed by atoms with Crippen LogP contribution in [0.3, 0.4) is 0 Å². The van der Waals surface area contributed by atoms with Crippen LogP contribution in [0.15, 0.2) is 0 Å². The van der Waals surface area contributed by atoms with Crippen LogP contribution in [0, 0.1) is 0 Å². The molecular formula is C11H23NO2. The number of unbranched alkanes of at least 4 members (excludes halogenated alkanes) is 1. The topological polar surface area (TPSA) is 38.3 Å². The van der Waals surface area contributed by atoms with E-state index in [4.69, 9.17) is 0 Å². The molecule has 0 aromatic rings. The Labute approximate surface area is 87.2 Å². The number of nitrogens with one attached hydrogen (secondary N) is 1. The van der Waals surface area contributed by atoms with E-state index in [2.05, 4.69) is 17.0 Å². The van der Waals surface area contributed by atoms with E-state index in [0.717, 1.165) is 12.8 Å². The fourth-order valence-corrected chi connectivity index (χ4v) is 1.16. The van der Waals surface area contributed by atoms with Gasteiger partial charge in [-0.05, 0) is 32.4 Å². The van der Waals surface area contributed by atoms with Crippen molar-refractivity contribution in [3.8, 4) is 0 Å². The average molecular weight is 201 g/mol. The van der Waals surface area contributed by atoms with Crippen LogP contribution in [0.1, 0.15) is 46.0 Å². The molecule has 0 saturated carbocycles. The fourth-order valence-electron chi connectivity index (χ4n) is 1.16. The smallest absolute Gasteiger partial charge is 0.302 e. The second kappa shape index (κ2) is 10.5. The lowest BCUT2D eigenvalue weighted by atomic mass is 10.2. The van der Waals surface area contributed by atoms with Gasteiger partial charge in [-0.2, -0.15) is 0 Å². The van der Waals surface area contributed by atoms with Gasteiger partial charge in [0.2, 0.25) is 0 Å². The number of rotatable bonds is 3. The second-order valence-electron chi connectivity index (χ2n) is 3.50. The Morgan fingerprint density at radius 2 is 1.93 bits per heavy atom. The highest BCUT2D eigenvalue weighted by atomic mass is 16.5. The van der Waals surface area contributed by atoms with E-state index in [1.807, 2.05) is 0 Å². The van der Waals surface area contributed by atoms with Crippen LogP contribution in [-0.2, 0) is 9.53 Å². The highest BCUT2D eigenvalue weighted by Gasteiger charge is 1.93. The molecule has 1 aliphatic rings. The first kappa shape index (κ1) is 13.4. The second-order valence-corrected chi connectivity index (χ2v) is 3.50. The predicted molar refractivity (Wildman–Crippen MR) is 58.3 cm³/mol. The van der Waals surface area contributed by atoms with Crippen molar-refractivity contribution in [2.45, 2.75) is 46.0 Å². The zero-order valence-electron chi connectivity index (χ0n) is 9.47. The molecule has 0 aromatic heterocycles. The molecular weight excluding hydrogens is 178 g/mol. The molecule has 1 aliphatic heterocycles. The van der Waals surface area contributed by atoms with E-state index in [1.165, 1.54) is 39.3 Å². The van der Waals surface area contributed by atoms with E-state index in [0.29, 0.717) is 6.61 Å². The summed E-state index contributed by atoms with van der Waals surface area (Å²) in [5, 5.41) is 3.28. The summed E-state index contributed by atoms with van der Waals surface area (Å²) in [5.41, 5.74) is 0. The molecule has 1 fully saturated rings. The van der Waals surface area contributed by atoms with Crippen molar-refractivity contribution in [2.75, 3.05) is 19.7 Å². The molecule has 0 aromatic carbocycles. The predicted octanol–water partition coefficient (Wildman–Crippen LogP) is 2.11. The molecule has 3 nitrogen and oxygen atoms in total. The molecule has 0 unspecified atom stereocenters. The lowest BCUT2D eigenvalue weighted by molar-refractivity contribution is -0.141. The number of carbonyl (C=O) groups excluding carboxylic acids is 1. The van der Waals surface area contributed by atoms with Gasteiger partial charge in [0.1, 0.15) is 0 Å². The SMILES string of the molecule is C1CCNCC1.CCCCOC(C)=O. The van der Waals surface area contributed by atoms with Crippen LogP contribution in [0.25, 0.3) is 0 Å². The van der Waals surface area contributed by atoms with Crippen LogP contribution < -0.4 is 5.32 Å². The zero-order valence-corrected chi connectivity index (χ0v) is 9.47. The van der Waals surface area contributed by atoms with Crippen LogP contribution in [0.4, 0.5) is 0 Å². The lowest BCUT2D eigenvalue weighted by Crippen LogP contribution is -2.21. The van der Waals surface area contributed by atoms with Crippen molar-refractivity contribution in [3.05, 3.63) is 0 Å². The van der Waals surface area contributed by atoms with Gasteiger partial charge >= 0.3 is 5.97 Å². The number of ether oxygens (including phenoxy) is 1. The third-order valence-corrected chi connectivity index (χ3v) is 2.01. The Hall–Kier alpha value is -0.570. The first-order chi connectivity index (χ1) is 6.77. The number of piperidine rings is 1. The maximum absolute atomic E-state index is 10.1. The normalized spacial score (nSPS) is 15.3. The minimum Gasteiger partial charge on any atom is -0.466 e. The summed E-state index contributed by atoms with van der Waals surface area (Å²) in [6.07, 6.45) is 6.26. The number of carbonyl (C=O) groups is 1. The van der Waals surface area contributed by atoms with Gasteiger partial charge in [-0.15, -0.1) is 0 Å². The molecule has 0 atom stereocenters. The highest BCUT2D eigenvalue weighted by molar-refractivity contribution is 5.65. The third-order valence-electron chi connectivity index (χ3n) is 2.01. The summed E-state index contributed by atoms with van der Waals surface area (Å²) < 4.78 is 4.64.